The van der Waals surface area contributed by atoms with Crippen LogP contribution in [-0.4, -0.2) is 37.2 Å². The van der Waals surface area contributed by atoms with Gasteiger partial charge in [0.05, 0.1) is 5.76 Å². The Kier molecular flexibility index (Phi) is 4.73. The Hall–Kier alpha value is -2.17. The topological polar surface area (TPSA) is 58.8 Å². The maximum Gasteiger partial charge on any atom is 0.414 e. The maximum atomic E-state index is 11.9. The van der Waals surface area contributed by atoms with E-state index in [1.54, 1.807) is 18.9 Å². The molecule has 0 radical (unpaired) electrons. The molecule has 5 nitrogen and oxygen atoms in total. The lowest BCUT2D eigenvalue weighted by Gasteiger charge is -2.37. The number of piperidine rings is 1. The number of anilines is 2. The standard InChI is InChI=1S/C16H23N3O2/c1-12(2)21-16(20)18(3)14-8-10-19(11-9-14)15-6-4-13(17)5-7-15/h4-7,14H,1,8-11,17H2,2-3H3. The minimum atomic E-state index is -0.326. The molecule has 0 bridgehead atoms. The van der Waals surface area contributed by atoms with E-state index in [1.165, 1.54) is 5.69 Å². The molecule has 1 amide bonds. The van der Waals surface area contributed by atoms with Crippen LogP contribution in [0.5, 0.6) is 0 Å². The highest BCUT2D eigenvalue weighted by atomic mass is 16.6. The monoisotopic (exact) mass is 289 g/mol. The van der Waals surface area contributed by atoms with Gasteiger partial charge in [-0.1, -0.05) is 6.58 Å². The van der Waals surface area contributed by atoms with E-state index in [2.05, 4.69) is 11.5 Å². The number of carbonyl (C=O) groups excluding carboxylic acids is 1. The van der Waals surface area contributed by atoms with E-state index in [0.29, 0.717) is 5.76 Å². The van der Waals surface area contributed by atoms with E-state index < -0.39 is 0 Å². The molecule has 0 unspecified atom stereocenters. The molecule has 1 heterocycles. The zero-order valence-electron chi connectivity index (χ0n) is 12.7. The van der Waals surface area contributed by atoms with Crippen molar-refractivity contribution >= 4 is 17.5 Å². The molecule has 1 aromatic carbocycles. The van der Waals surface area contributed by atoms with Crippen LogP contribution in [0.4, 0.5) is 16.2 Å². The highest BCUT2D eigenvalue weighted by Gasteiger charge is 2.26. The summed E-state index contributed by atoms with van der Waals surface area (Å²) in [6.07, 6.45) is 1.52. The fourth-order valence-electron chi connectivity index (χ4n) is 2.57. The van der Waals surface area contributed by atoms with Crippen LogP contribution in [0, 0.1) is 0 Å². The number of hydrogen-bond donors (Lipinski definition) is 1. The summed E-state index contributed by atoms with van der Waals surface area (Å²) in [4.78, 5) is 15.8. The second-order valence-corrected chi connectivity index (χ2v) is 5.49. The van der Waals surface area contributed by atoms with Gasteiger partial charge in [-0.2, -0.15) is 0 Å². The van der Waals surface area contributed by atoms with E-state index in [9.17, 15) is 4.79 Å². The highest BCUT2D eigenvalue weighted by Crippen LogP contribution is 2.23. The summed E-state index contributed by atoms with van der Waals surface area (Å²) in [5.74, 6) is 0.422. The van der Waals surface area contributed by atoms with Crippen molar-refractivity contribution in [1.82, 2.24) is 4.90 Å². The number of allylic oxidation sites excluding steroid dienone is 1. The van der Waals surface area contributed by atoms with Gasteiger partial charge >= 0.3 is 6.09 Å². The fourth-order valence-corrected chi connectivity index (χ4v) is 2.57. The maximum absolute atomic E-state index is 11.9. The molecular weight excluding hydrogens is 266 g/mol. The molecule has 1 aliphatic rings. The second kappa shape index (κ2) is 6.52. The number of nitrogens with two attached hydrogens (primary N) is 1. The predicted molar refractivity (Wildman–Crippen MR) is 85.1 cm³/mol. The van der Waals surface area contributed by atoms with Crippen molar-refractivity contribution in [3.05, 3.63) is 36.6 Å². The molecule has 0 saturated carbocycles. The third kappa shape index (κ3) is 3.90. The lowest BCUT2D eigenvalue weighted by molar-refractivity contribution is 0.116. The molecule has 5 heteroatoms. The van der Waals surface area contributed by atoms with Gasteiger partial charge in [0.25, 0.3) is 0 Å². The van der Waals surface area contributed by atoms with Gasteiger partial charge in [0.15, 0.2) is 0 Å². The molecular formula is C16H23N3O2. The Morgan fingerprint density at radius 2 is 1.90 bits per heavy atom. The molecule has 0 aromatic heterocycles. The van der Waals surface area contributed by atoms with Gasteiger partial charge in [-0.05, 0) is 44.0 Å². The minimum absolute atomic E-state index is 0.210. The Balaban J connectivity index is 1.89. The Bertz CT molecular complexity index is 505. The first-order valence-corrected chi connectivity index (χ1v) is 7.18. The SMILES string of the molecule is C=C(C)OC(=O)N(C)C1CCN(c2ccc(N)cc2)CC1. The van der Waals surface area contributed by atoms with E-state index >= 15 is 0 Å². The van der Waals surface area contributed by atoms with Crippen LogP contribution in [-0.2, 0) is 4.74 Å². The molecule has 2 rings (SSSR count). The van der Waals surface area contributed by atoms with Crippen LogP contribution in [0.1, 0.15) is 19.8 Å². The Labute approximate surface area is 126 Å². The minimum Gasteiger partial charge on any atom is -0.416 e. The van der Waals surface area contributed by atoms with Crippen molar-refractivity contribution < 1.29 is 9.53 Å². The summed E-state index contributed by atoms with van der Waals surface area (Å²) in [5.41, 5.74) is 7.66. The lowest BCUT2D eigenvalue weighted by atomic mass is 10.0. The van der Waals surface area contributed by atoms with E-state index in [1.807, 2.05) is 24.3 Å². The van der Waals surface area contributed by atoms with Crippen molar-refractivity contribution in [2.75, 3.05) is 30.8 Å². The Morgan fingerprint density at radius 3 is 2.43 bits per heavy atom. The summed E-state index contributed by atoms with van der Waals surface area (Å²) in [6, 6.07) is 8.11. The highest BCUT2D eigenvalue weighted by molar-refractivity contribution is 5.68. The van der Waals surface area contributed by atoms with Crippen molar-refractivity contribution in [1.29, 1.82) is 0 Å². The number of hydrogen-bond acceptors (Lipinski definition) is 4. The number of benzene rings is 1. The first-order valence-electron chi connectivity index (χ1n) is 7.18. The van der Waals surface area contributed by atoms with Gasteiger partial charge in [0, 0.05) is 37.6 Å². The first kappa shape index (κ1) is 15.2. The van der Waals surface area contributed by atoms with E-state index in [4.69, 9.17) is 10.5 Å². The van der Waals surface area contributed by atoms with Crippen LogP contribution >= 0.6 is 0 Å². The first-order chi connectivity index (χ1) is 9.97. The van der Waals surface area contributed by atoms with Gasteiger partial charge in [0.1, 0.15) is 0 Å². The molecule has 114 valence electrons. The molecule has 0 aliphatic carbocycles. The summed E-state index contributed by atoms with van der Waals surface area (Å²) in [5, 5.41) is 0. The number of nitrogens with zero attached hydrogens (tertiary/aromatic N) is 2. The van der Waals surface area contributed by atoms with Crippen molar-refractivity contribution in [3.63, 3.8) is 0 Å². The molecule has 0 atom stereocenters. The van der Waals surface area contributed by atoms with Crippen LogP contribution in [0.25, 0.3) is 0 Å². The van der Waals surface area contributed by atoms with Gasteiger partial charge in [-0.15, -0.1) is 0 Å². The van der Waals surface area contributed by atoms with E-state index in [-0.39, 0.29) is 12.1 Å². The van der Waals surface area contributed by atoms with Crippen molar-refractivity contribution in [2.24, 2.45) is 0 Å². The number of ether oxygens (including phenoxy) is 1. The summed E-state index contributed by atoms with van der Waals surface area (Å²) in [6.45, 7) is 7.10. The van der Waals surface area contributed by atoms with Crippen LogP contribution in [0.15, 0.2) is 36.6 Å². The van der Waals surface area contributed by atoms with Crippen LogP contribution < -0.4 is 10.6 Å². The molecule has 1 aromatic rings. The van der Waals surface area contributed by atoms with Gasteiger partial charge in [-0.25, -0.2) is 4.79 Å². The van der Waals surface area contributed by atoms with Gasteiger partial charge < -0.3 is 20.3 Å². The summed E-state index contributed by atoms with van der Waals surface area (Å²) < 4.78 is 5.05. The molecule has 1 saturated heterocycles. The molecule has 21 heavy (non-hydrogen) atoms. The quantitative estimate of drug-likeness (QED) is 0.686. The molecule has 1 aliphatic heterocycles. The van der Waals surface area contributed by atoms with Gasteiger partial charge in [-0.3, -0.25) is 0 Å². The number of amides is 1. The summed E-state index contributed by atoms with van der Waals surface area (Å²) >= 11 is 0. The fraction of sp³-hybridized carbons (Fsp3) is 0.438. The average molecular weight is 289 g/mol. The predicted octanol–water partition coefficient (Wildman–Crippen LogP) is 2.84. The van der Waals surface area contributed by atoms with Crippen LogP contribution in [0.3, 0.4) is 0 Å². The second-order valence-electron chi connectivity index (χ2n) is 5.49. The molecule has 2 N–H and O–H groups in total. The smallest absolute Gasteiger partial charge is 0.414 e. The number of nitrogen functional groups attached to an aromatic ring is 1. The van der Waals surface area contributed by atoms with Gasteiger partial charge in [0.2, 0.25) is 0 Å². The number of carbonyl (C=O) groups is 1. The normalized spacial score (nSPS) is 15.6. The third-order valence-electron chi connectivity index (χ3n) is 3.82. The van der Waals surface area contributed by atoms with E-state index in [0.717, 1.165) is 31.6 Å². The Morgan fingerprint density at radius 1 is 1.33 bits per heavy atom. The molecule has 0 spiro atoms. The third-order valence-corrected chi connectivity index (χ3v) is 3.82. The lowest BCUT2D eigenvalue weighted by Crippen LogP contribution is -2.45. The van der Waals surface area contributed by atoms with Crippen LogP contribution in [0.2, 0.25) is 0 Å². The van der Waals surface area contributed by atoms with Crippen molar-refractivity contribution in [3.8, 4) is 0 Å². The van der Waals surface area contributed by atoms with Crippen molar-refractivity contribution in [2.45, 2.75) is 25.8 Å². The average Bonchev–Trinajstić information content (AvgIpc) is 2.47. The number of rotatable bonds is 3. The zero-order chi connectivity index (χ0) is 15.4. The molecule has 1 fully saturated rings. The summed E-state index contributed by atoms with van der Waals surface area (Å²) in [7, 11) is 1.79. The largest absolute Gasteiger partial charge is 0.416 e. The zero-order valence-corrected chi connectivity index (χ0v) is 12.7.